The summed E-state index contributed by atoms with van der Waals surface area (Å²) in [5, 5.41) is 20.9. The van der Waals surface area contributed by atoms with E-state index in [0.717, 1.165) is 18.4 Å². The molecule has 1 unspecified atom stereocenters. The Morgan fingerprint density at radius 2 is 2.05 bits per heavy atom. The van der Waals surface area contributed by atoms with Crippen molar-refractivity contribution in [2.24, 2.45) is 23.7 Å². The molecule has 0 heterocycles. The van der Waals surface area contributed by atoms with E-state index in [1.54, 1.807) is 0 Å². The van der Waals surface area contributed by atoms with Gasteiger partial charge < -0.3 is 10.2 Å². The minimum atomic E-state index is -0.648. The number of aliphatic hydroxyl groups excluding tert-OH is 1. The van der Waals surface area contributed by atoms with Crippen LogP contribution in [0, 0.1) is 23.7 Å². The van der Waals surface area contributed by atoms with E-state index in [2.05, 4.69) is 6.58 Å². The van der Waals surface area contributed by atoms with Crippen LogP contribution >= 0.6 is 0 Å². The molecule has 0 aromatic carbocycles. The molecule has 0 aliphatic heterocycles. The summed E-state index contributed by atoms with van der Waals surface area (Å²) in [6, 6.07) is 0. The van der Waals surface area contributed by atoms with Gasteiger partial charge in [-0.2, -0.15) is 0 Å². The van der Waals surface area contributed by atoms with Gasteiger partial charge >= 0.3 is 0 Å². The molecule has 122 valence electrons. The molecule has 0 spiro atoms. The minimum absolute atomic E-state index is 0.0347. The van der Waals surface area contributed by atoms with Crippen LogP contribution in [-0.2, 0) is 4.79 Å². The van der Waals surface area contributed by atoms with E-state index in [9.17, 15) is 15.0 Å². The topological polar surface area (TPSA) is 57.5 Å². The van der Waals surface area contributed by atoms with Gasteiger partial charge in [-0.3, -0.25) is 4.79 Å². The number of allylic oxidation sites excluding steroid dienone is 1. The highest BCUT2D eigenvalue weighted by Gasteiger charge is 2.49. The third-order valence-corrected chi connectivity index (χ3v) is 6.24. The summed E-state index contributed by atoms with van der Waals surface area (Å²) < 4.78 is 0. The zero-order valence-corrected chi connectivity index (χ0v) is 13.5. The second-order valence-electron chi connectivity index (χ2n) is 7.79. The fourth-order valence-electron chi connectivity index (χ4n) is 4.82. The summed E-state index contributed by atoms with van der Waals surface area (Å²) in [6.45, 7) is 5.79. The largest absolute Gasteiger partial charge is 0.392 e. The summed E-state index contributed by atoms with van der Waals surface area (Å²) in [6.07, 6.45) is 10.2. The summed E-state index contributed by atoms with van der Waals surface area (Å²) in [4.78, 5) is 12.0. The van der Waals surface area contributed by atoms with E-state index >= 15 is 0 Å². The molecular weight excluding hydrogens is 276 g/mol. The Hall–Kier alpha value is -0.930. The Labute approximate surface area is 133 Å². The molecule has 2 N–H and O–H groups in total. The first-order valence-corrected chi connectivity index (χ1v) is 8.69. The van der Waals surface area contributed by atoms with Crippen LogP contribution in [0.15, 0.2) is 24.3 Å². The van der Waals surface area contributed by atoms with Gasteiger partial charge in [0.15, 0.2) is 5.78 Å². The lowest BCUT2D eigenvalue weighted by atomic mass is 9.84. The summed E-state index contributed by atoms with van der Waals surface area (Å²) in [5.41, 5.74) is 0.0728. The van der Waals surface area contributed by atoms with Crippen LogP contribution in [0.25, 0.3) is 0 Å². The van der Waals surface area contributed by atoms with Gasteiger partial charge in [-0.1, -0.05) is 31.6 Å². The summed E-state index contributed by atoms with van der Waals surface area (Å²) in [5.74, 6) is 0.756. The highest BCUT2D eigenvalue weighted by molar-refractivity contribution is 5.99. The van der Waals surface area contributed by atoms with E-state index in [-0.39, 0.29) is 23.5 Å². The molecule has 3 aliphatic rings. The molecule has 3 rings (SSSR count). The lowest BCUT2D eigenvalue weighted by Gasteiger charge is -2.29. The van der Waals surface area contributed by atoms with Gasteiger partial charge in [0.1, 0.15) is 0 Å². The van der Waals surface area contributed by atoms with Crippen molar-refractivity contribution in [3.8, 4) is 0 Å². The van der Waals surface area contributed by atoms with E-state index in [1.807, 2.05) is 19.1 Å². The fourth-order valence-corrected chi connectivity index (χ4v) is 4.82. The second-order valence-corrected chi connectivity index (χ2v) is 7.79. The predicted octanol–water partition coefficient (Wildman–Crippen LogP) is 3.02. The van der Waals surface area contributed by atoms with Crippen LogP contribution in [0.4, 0.5) is 0 Å². The number of fused-ring (bicyclic) bond motifs is 1. The Morgan fingerprint density at radius 1 is 1.36 bits per heavy atom. The Kier molecular flexibility index (Phi) is 4.30. The molecule has 0 amide bonds. The van der Waals surface area contributed by atoms with E-state index in [4.69, 9.17) is 0 Å². The summed E-state index contributed by atoms with van der Waals surface area (Å²) >= 11 is 0. The standard InChI is InChI=1S/C19H28O3/c1-12-10-15-14(17(20)11-16(15)18(12)21)8-5-9-19(2,22)13-6-3-4-7-13/h5,8,13-17,20,22H,1,3-4,6-7,9-11H2,2H3/b8-5+/t14-,15-,16-,17+,19?/m0/s1. The van der Waals surface area contributed by atoms with Crippen molar-refractivity contribution in [2.45, 2.75) is 63.6 Å². The van der Waals surface area contributed by atoms with Gasteiger partial charge in [-0.25, -0.2) is 0 Å². The molecule has 0 aromatic rings. The maximum absolute atomic E-state index is 12.0. The van der Waals surface area contributed by atoms with Gasteiger partial charge in [0.2, 0.25) is 0 Å². The third kappa shape index (κ3) is 2.81. The summed E-state index contributed by atoms with van der Waals surface area (Å²) in [7, 11) is 0. The Balaban J connectivity index is 1.62. The van der Waals surface area contributed by atoms with E-state index < -0.39 is 11.7 Å². The van der Waals surface area contributed by atoms with Gasteiger partial charge in [-0.05, 0) is 56.4 Å². The number of hydrogen-bond donors (Lipinski definition) is 2. The predicted molar refractivity (Wildman–Crippen MR) is 86.2 cm³/mol. The van der Waals surface area contributed by atoms with E-state index in [1.165, 1.54) is 12.8 Å². The number of ketones is 1. The molecule has 3 nitrogen and oxygen atoms in total. The average Bonchev–Trinajstić information content (AvgIpc) is 3.14. The first-order chi connectivity index (χ1) is 10.4. The maximum Gasteiger partial charge on any atom is 0.161 e. The molecular formula is C19H28O3. The number of carbonyl (C=O) groups is 1. The smallest absolute Gasteiger partial charge is 0.161 e. The number of hydrogen-bond acceptors (Lipinski definition) is 3. The Morgan fingerprint density at radius 3 is 2.73 bits per heavy atom. The average molecular weight is 304 g/mol. The number of aliphatic hydroxyl groups is 2. The second kappa shape index (κ2) is 5.93. The highest BCUT2D eigenvalue weighted by atomic mass is 16.3. The van der Waals surface area contributed by atoms with Crippen molar-refractivity contribution in [2.75, 3.05) is 0 Å². The van der Waals surface area contributed by atoms with Crippen molar-refractivity contribution >= 4 is 5.78 Å². The van der Waals surface area contributed by atoms with Gasteiger partial charge in [0, 0.05) is 11.8 Å². The van der Waals surface area contributed by atoms with Crippen LogP contribution in [0.5, 0.6) is 0 Å². The van der Waals surface area contributed by atoms with Crippen molar-refractivity contribution in [3.63, 3.8) is 0 Å². The molecule has 3 heteroatoms. The molecule has 22 heavy (non-hydrogen) atoms. The number of carbonyl (C=O) groups excluding carboxylic acids is 1. The maximum atomic E-state index is 12.0. The molecule has 0 aromatic heterocycles. The highest BCUT2D eigenvalue weighted by Crippen LogP contribution is 2.48. The third-order valence-electron chi connectivity index (χ3n) is 6.24. The van der Waals surface area contributed by atoms with Crippen molar-refractivity contribution < 1.29 is 15.0 Å². The molecule has 0 saturated heterocycles. The first-order valence-electron chi connectivity index (χ1n) is 8.69. The molecule has 0 bridgehead atoms. The van der Waals surface area contributed by atoms with Crippen LogP contribution in [-0.4, -0.2) is 27.7 Å². The van der Waals surface area contributed by atoms with Gasteiger partial charge in [0.05, 0.1) is 11.7 Å². The SMILES string of the molecule is C=C1C[C@H]2[C@H](/C=C/CC(C)(O)C3CCCC3)[C@H](O)C[C@@H]2C1=O. The van der Waals surface area contributed by atoms with Crippen molar-refractivity contribution in [1.82, 2.24) is 0 Å². The lowest BCUT2D eigenvalue weighted by Crippen LogP contribution is -2.32. The fraction of sp³-hybridized carbons (Fsp3) is 0.737. The van der Waals surface area contributed by atoms with Crippen LogP contribution in [0.1, 0.15) is 51.9 Å². The first kappa shape index (κ1) is 15.9. The van der Waals surface area contributed by atoms with E-state index in [0.29, 0.717) is 25.2 Å². The molecule has 3 aliphatic carbocycles. The number of rotatable bonds is 4. The lowest BCUT2D eigenvalue weighted by molar-refractivity contribution is -0.118. The molecule has 3 fully saturated rings. The van der Waals surface area contributed by atoms with Crippen molar-refractivity contribution in [1.29, 1.82) is 0 Å². The zero-order chi connectivity index (χ0) is 15.9. The minimum Gasteiger partial charge on any atom is -0.392 e. The number of Topliss-reactive ketones (excluding diaryl/α,β-unsaturated/α-hetero) is 1. The van der Waals surface area contributed by atoms with Gasteiger partial charge in [0.25, 0.3) is 0 Å². The Bertz CT molecular complexity index is 485. The van der Waals surface area contributed by atoms with Crippen LogP contribution in [0.3, 0.4) is 0 Å². The van der Waals surface area contributed by atoms with Crippen molar-refractivity contribution in [3.05, 3.63) is 24.3 Å². The molecule has 3 saturated carbocycles. The quantitative estimate of drug-likeness (QED) is 0.620. The monoisotopic (exact) mass is 304 g/mol. The molecule has 5 atom stereocenters. The molecule has 0 radical (unpaired) electrons. The normalized spacial score (nSPS) is 38.9. The van der Waals surface area contributed by atoms with Crippen LogP contribution in [0.2, 0.25) is 0 Å². The van der Waals surface area contributed by atoms with Gasteiger partial charge in [-0.15, -0.1) is 0 Å². The van der Waals surface area contributed by atoms with Crippen LogP contribution < -0.4 is 0 Å². The zero-order valence-electron chi connectivity index (χ0n) is 13.5.